The number of nitriles is 1. The van der Waals surface area contributed by atoms with E-state index in [0.717, 1.165) is 10.0 Å². The highest BCUT2D eigenvalue weighted by Gasteiger charge is 2.05. The third-order valence-corrected chi connectivity index (χ3v) is 3.02. The van der Waals surface area contributed by atoms with Crippen LogP contribution >= 0.6 is 27.5 Å². The molecule has 3 nitrogen and oxygen atoms in total. The molecule has 0 spiro atoms. The molecule has 0 bridgehead atoms. The standard InChI is InChI=1S/C11H7BrClN3/c12-9-2-1-8(10(13)5-9)7-16-4-3-15-11(16)6-14/h1-5H,7H2. The fourth-order valence-electron chi connectivity index (χ4n) is 1.38. The lowest BCUT2D eigenvalue weighted by molar-refractivity contribution is 0.782. The summed E-state index contributed by atoms with van der Waals surface area (Å²) in [6, 6.07) is 7.70. The lowest BCUT2D eigenvalue weighted by Crippen LogP contribution is -2.01. The number of nitrogens with zero attached hydrogens (tertiary/aromatic N) is 3. The summed E-state index contributed by atoms with van der Waals surface area (Å²) >= 11 is 9.44. The zero-order valence-electron chi connectivity index (χ0n) is 8.19. The Bertz CT molecular complexity index is 557. The van der Waals surface area contributed by atoms with Crippen molar-refractivity contribution >= 4 is 27.5 Å². The van der Waals surface area contributed by atoms with Gasteiger partial charge in [0, 0.05) is 21.9 Å². The minimum atomic E-state index is 0.388. The van der Waals surface area contributed by atoms with E-state index in [9.17, 15) is 0 Å². The Kier molecular flexibility index (Phi) is 3.28. The summed E-state index contributed by atoms with van der Waals surface area (Å²) in [6.45, 7) is 0.551. The van der Waals surface area contributed by atoms with Crippen molar-refractivity contribution in [3.8, 4) is 6.07 Å². The first kappa shape index (κ1) is 11.2. The predicted molar refractivity (Wildman–Crippen MR) is 65.2 cm³/mol. The van der Waals surface area contributed by atoms with Gasteiger partial charge in [-0.3, -0.25) is 0 Å². The second kappa shape index (κ2) is 4.69. The van der Waals surface area contributed by atoms with Crippen LogP contribution in [-0.4, -0.2) is 9.55 Å². The van der Waals surface area contributed by atoms with Crippen LogP contribution in [0.1, 0.15) is 11.4 Å². The third kappa shape index (κ3) is 2.26. The predicted octanol–water partition coefficient (Wildman–Crippen LogP) is 3.22. The monoisotopic (exact) mass is 295 g/mol. The Morgan fingerprint density at radius 3 is 3.00 bits per heavy atom. The van der Waals surface area contributed by atoms with Crippen LogP contribution in [0.3, 0.4) is 0 Å². The van der Waals surface area contributed by atoms with E-state index in [1.807, 2.05) is 24.3 Å². The summed E-state index contributed by atoms with van der Waals surface area (Å²) in [4.78, 5) is 3.93. The molecule has 0 aliphatic rings. The SMILES string of the molecule is N#Cc1nccn1Cc1ccc(Br)cc1Cl. The molecule has 0 amide bonds. The van der Waals surface area contributed by atoms with Crippen LogP contribution < -0.4 is 0 Å². The Morgan fingerprint density at radius 1 is 1.50 bits per heavy atom. The average molecular weight is 297 g/mol. The number of halogens is 2. The zero-order valence-corrected chi connectivity index (χ0v) is 10.5. The molecule has 0 unspecified atom stereocenters. The Morgan fingerprint density at radius 2 is 2.31 bits per heavy atom. The fourth-order valence-corrected chi connectivity index (χ4v) is 2.12. The largest absolute Gasteiger partial charge is 0.318 e. The molecule has 0 aliphatic heterocycles. The molecule has 1 aromatic heterocycles. The molecule has 80 valence electrons. The quantitative estimate of drug-likeness (QED) is 0.854. The van der Waals surface area contributed by atoms with Crippen molar-refractivity contribution in [1.29, 1.82) is 5.26 Å². The number of imidazole rings is 1. The highest BCUT2D eigenvalue weighted by atomic mass is 79.9. The molecule has 16 heavy (non-hydrogen) atoms. The second-order valence-electron chi connectivity index (χ2n) is 3.23. The number of hydrogen-bond donors (Lipinski definition) is 0. The van der Waals surface area contributed by atoms with Gasteiger partial charge in [-0.15, -0.1) is 0 Å². The molecule has 1 heterocycles. The molecule has 0 saturated heterocycles. The summed E-state index contributed by atoms with van der Waals surface area (Å²) in [5.41, 5.74) is 0.958. The Labute approximate surface area is 106 Å². The maximum atomic E-state index is 8.82. The van der Waals surface area contributed by atoms with Crippen molar-refractivity contribution in [2.75, 3.05) is 0 Å². The summed E-state index contributed by atoms with van der Waals surface area (Å²) in [7, 11) is 0. The van der Waals surface area contributed by atoms with Crippen LogP contribution in [0.15, 0.2) is 35.1 Å². The van der Waals surface area contributed by atoms with E-state index in [0.29, 0.717) is 17.4 Å². The maximum Gasteiger partial charge on any atom is 0.213 e. The number of hydrogen-bond acceptors (Lipinski definition) is 2. The van der Waals surface area contributed by atoms with Gasteiger partial charge in [-0.05, 0) is 17.7 Å². The first-order valence-corrected chi connectivity index (χ1v) is 5.73. The zero-order chi connectivity index (χ0) is 11.5. The fraction of sp³-hybridized carbons (Fsp3) is 0.0909. The van der Waals surface area contributed by atoms with Crippen molar-refractivity contribution in [2.24, 2.45) is 0 Å². The molecule has 0 N–H and O–H groups in total. The van der Waals surface area contributed by atoms with Gasteiger partial charge in [0.15, 0.2) is 0 Å². The van der Waals surface area contributed by atoms with Gasteiger partial charge in [0.25, 0.3) is 0 Å². The molecule has 0 atom stereocenters. The number of benzene rings is 1. The molecule has 0 fully saturated rings. The summed E-state index contributed by atoms with van der Waals surface area (Å²) < 4.78 is 2.70. The van der Waals surface area contributed by atoms with E-state index in [2.05, 4.69) is 20.9 Å². The van der Waals surface area contributed by atoms with Gasteiger partial charge in [0.2, 0.25) is 5.82 Å². The molecule has 0 radical (unpaired) electrons. The summed E-state index contributed by atoms with van der Waals surface area (Å²) in [5.74, 6) is 0.388. The van der Waals surface area contributed by atoms with Gasteiger partial charge in [-0.2, -0.15) is 5.26 Å². The normalized spacial score (nSPS) is 10.1. The van der Waals surface area contributed by atoms with Gasteiger partial charge in [0.05, 0.1) is 6.54 Å². The average Bonchev–Trinajstić information content (AvgIpc) is 2.69. The Balaban J connectivity index is 2.31. The van der Waals surface area contributed by atoms with Gasteiger partial charge >= 0.3 is 0 Å². The van der Waals surface area contributed by atoms with Crippen LogP contribution in [-0.2, 0) is 6.54 Å². The van der Waals surface area contributed by atoms with Gasteiger partial charge < -0.3 is 4.57 Å². The molecule has 0 saturated carbocycles. The van der Waals surface area contributed by atoms with E-state index < -0.39 is 0 Å². The minimum Gasteiger partial charge on any atom is -0.318 e. The molecule has 5 heteroatoms. The Hall–Kier alpha value is -1.31. The lowest BCUT2D eigenvalue weighted by Gasteiger charge is -2.06. The van der Waals surface area contributed by atoms with Crippen molar-refractivity contribution < 1.29 is 0 Å². The van der Waals surface area contributed by atoms with E-state index >= 15 is 0 Å². The first-order valence-electron chi connectivity index (χ1n) is 4.56. The highest BCUT2D eigenvalue weighted by Crippen LogP contribution is 2.22. The molecule has 0 aliphatic carbocycles. The maximum absolute atomic E-state index is 8.82. The van der Waals surface area contributed by atoms with Crippen molar-refractivity contribution in [3.63, 3.8) is 0 Å². The molecular formula is C11H7BrClN3. The topological polar surface area (TPSA) is 41.6 Å². The highest BCUT2D eigenvalue weighted by molar-refractivity contribution is 9.10. The van der Waals surface area contributed by atoms with Gasteiger partial charge in [0.1, 0.15) is 6.07 Å². The molecule has 2 aromatic rings. The number of aromatic nitrogens is 2. The first-order chi connectivity index (χ1) is 7.70. The molecule has 1 aromatic carbocycles. The minimum absolute atomic E-state index is 0.388. The van der Waals surface area contributed by atoms with E-state index in [1.54, 1.807) is 17.0 Å². The lowest BCUT2D eigenvalue weighted by atomic mass is 10.2. The van der Waals surface area contributed by atoms with E-state index in [-0.39, 0.29) is 0 Å². The van der Waals surface area contributed by atoms with Crippen LogP contribution in [0.2, 0.25) is 5.02 Å². The van der Waals surface area contributed by atoms with Crippen LogP contribution in [0.4, 0.5) is 0 Å². The number of rotatable bonds is 2. The van der Waals surface area contributed by atoms with Gasteiger partial charge in [-0.1, -0.05) is 33.6 Å². The smallest absolute Gasteiger partial charge is 0.213 e. The van der Waals surface area contributed by atoms with E-state index in [1.165, 1.54) is 0 Å². The third-order valence-electron chi connectivity index (χ3n) is 2.17. The van der Waals surface area contributed by atoms with E-state index in [4.69, 9.17) is 16.9 Å². The van der Waals surface area contributed by atoms with Crippen LogP contribution in [0, 0.1) is 11.3 Å². The van der Waals surface area contributed by atoms with Crippen molar-refractivity contribution in [1.82, 2.24) is 9.55 Å². The van der Waals surface area contributed by atoms with Crippen LogP contribution in [0.5, 0.6) is 0 Å². The summed E-state index contributed by atoms with van der Waals surface area (Å²) in [6.07, 6.45) is 3.36. The van der Waals surface area contributed by atoms with Crippen molar-refractivity contribution in [2.45, 2.75) is 6.54 Å². The molecular weight excluding hydrogens is 289 g/mol. The molecule has 2 rings (SSSR count). The van der Waals surface area contributed by atoms with Gasteiger partial charge in [-0.25, -0.2) is 4.98 Å². The van der Waals surface area contributed by atoms with Crippen molar-refractivity contribution in [3.05, 3.63) is 51.5 Å². The summed E-state index contributed by atoms with van der Waals surface area (Å²) in [5, 5.41) is 9.50. The van der Waals surface area contributed by atoms with Crippen LogP contribution in [0.25, 0.3) is 0 Å². The second-order valence-corrected chi connectivity index (χ2v) is 4.55.